The molecule has 2 aliphatic heterocycles. The van der Waals surface area contributed by atoms with Crippen LogP contribution >= 0.6 is 8.86 Å². The van der Waals surface area contributed by atoms with Gasteiger partial charge in [-0.25, -0.2) is 13.4 Å². The molecule has 0 saturated heterocycles. The molecule has 0 radical (unpaired) electrons. The largest absolute Gasteiger partial charge is 0.586 e. The SMILES string of the molecule is CCS(=O)(=O)c1c(N2Cc3cc4c(cc3C2=P)OC(F)(F)O4)nc(-c2ccc(C3(C#N)CC3)cc2)n1C. The fourth-order valence-electron chi connectivity index (χ4n) is 4.88. The van der Waals surface area contributed by atoms with Crippen molar-refractivity contribution in [3.63, 3.8) is 0 Å². The van der Waals surface area contributed by atoms with E-state index in [0.29, 0.717) is 27.9 Å². The molecule has 6 rings (SSSR count). The van der Waals surface area contributed by atoms with Crippen LogP contribution in [-0.4, -0.2) is 35.4 Å². The Balaban J connectivity index is 1.42. The van der Waals surface area contributed by atoms with Crippen molar-refractivity contribution in [2.45, 2.75) is 43.0 Å². The number of hydrogen-bond acceptors (Lipinski definition) is 6. The molecule has 0 spiro atoms. The van der Waals surface area contributed by atoms with E-state index in [1.807, 2.05) is 24.3 Å². The lowest BCUT2D eigenvalue weighted by molar-refractivity contribution is -0.286. The minimum atomic E-state index is -3.73. The van der Waals surface area contributed by atoms with Crippen molar-refractivity contribution in [2.75, 3.05) is 10.7 Å². The molecule has 8 nitrogen and oxygen atoms in total. The van der Waals surface area contributed by atoms with Crippen molar-refractivity contribution in [3.05, 3.63) is 53.1 Å². The summed E-state index contributed by atoms with van der Waals surface area (Å²) in [5, 5.41) is 9.54. The number of nitrogens with zero attached hydrogens (tertiary/aromatic N) is 4. The van der Waals surface area contributed by atoms with Gasteiger partial charge in [0.1, 0.15) is 5.82 Å². The maximum atomic E-state index is 13.5. The highest BCUT2D eigenvalue weighted by molar-refractivity contribution is 7.91. The summed E-state index contributed by atoms with van der Waals surface area (Å²) in [7, 11) is 1.52. The van der Waals surface area contributed by atoms with Crippen LogP contribution in [0.3, 0.4) is 0 Å². The van der Waals surface area contributed by atoms with Crippen LogP contribution in [0.5, 0.6) is 11.5 Å². The smallest absolute Gasteiger partial charge is 0.395 e. The number of hydrogen-bond donors (Lipinski definition) is 0. The number of rotatable bonds is 5. The Morgan fingerprint density at radius 3 is 2.41 bits per heavy atom. The van der Waals surface area contributed by atoms with Crippen molar-refractivity contribution in [1.82, 2.24) is 9.55 Å². The number of sulfone groups is 1. The number of fused-ring (bicyclic) bond motifs is 2. The minimum Gasteiger partial charge on any atom is -0.395 e. The Hall–Kier alpha value is -3.48. The number of anilines is 1. The molecule has 0 N–H and O–H groups in total. The first kappa shape index (κ1) is 23.9. The van der Waals surface area contributed by atoms with E-state index >= 15 is 0 Å². The Morgan fingerprint density at radius 2 is 1.81 bits per heavy atom. The monoisotopic (exact) mass is 542 g/mol. The molecule has 0 bridgehead atoms. The summed E-state index contributed by atoms with van der Waals surface area (Å²) in [5.41, 5.74) is 2.89. The third-order valence-corrected chi connectivity index (χ3v) is 9.44. The maximum absolute atomic E-state index is 13.5. The van der Waals surface area contributed by atoms with Crippen molar-refractivity contribution < 1.29 is 26.7 Å². The summed E-state index contributed by atoms with van der Waals surface area (Å²) in [4.78, 5) is 6.43. The molecule has 3 heterocycles. The Kier molecular flexibility index (Phi) is 5.01. The van der Waals surface area contributed by atoms with Crippen LogP contribution in [0.25, 0.3) is 11.4 Å². The van der Waals surface area contributed by atoms with Gasteiger partial charge in [0.05, 0.1) is 29.2 Å². The van der Waals surface area contributed by atoms with Gasteiger partial charge in [0.15, 0.2) is 32.2 Å². The van der Waals surface area contributed by atoms with Gasteiger partial charge in [-0.3, -0.25) is 0 Å². The van der Waals surface area contributed by atoms with Gasteiger partial charge in [-0.05, 0) is 36.1 Å². The average molecular weight is 543 g/mol. The van der Waals surface area contributed by atoms with Gasteiger partial charge in [0.25, 0.3) is 0 Å². The topological polar surface area (TPSA) is 97.5 Å². The number of alkyl halides is 2. The van der Waals surface area contributed by atoms with Gasteiger partial charge in [0, 0.05) is 18.2 Å². The first-order valence-corrected chi connectivity index (χ1v) is 13.7. The van der Waals surface area contributed by atoms with E-state index in [4.69, 9.17) is 4.98 Å². The second kappa shape index (κ2) is 7.76. The van der Waals surface area contributed by atoms with Crippen LogP contribution in [0.1, 0.15) is 36.5 Å². The molecule has 0 unspecified atom stereocenters. The second-order valence-corrected chi connectivity index (χ2v) is 12.0. The summed E-state index contributed by atoms with van der Waals surface area (Å²) in [5.74, 6) is 0.340. The lowest BCUT2D eigenvalue weighted by atomic mass is 9.96. The molecule has 3 aliphatic rings. The molecule has 0 amide bonds. The molecule has 0 atom stereocenters. The van der Waals surface area contributed by atoms with E-state index < -0.39 is 21.5 Å². The lowest BCUT2D eigenvalue weighted by Crippen LogP contribution is -2.26. The standard InChI is InChI=1S/C25H21F2N4O4PS/c1-3-37(32,33)23-21(29-20(30(23)2)14-4-6-16(7-5-14)24(13-28)8-9-24)31-12-15-10-18-19(11-17(15)22(31)36)35-25(26,27)34-18/h4-7,10-11,36H,3,8-9,12H2,1-2H3. The predicted octanol–water partition coefficient (Wildman–Crippen LogP) is 4.40. The summed E-state index contributed by atoms with van der Waals surface area (Å²) in [6, 6.07) is 12.7. The van der Waals surface area contributed by atoms with E-state index in [9.17, 15) is 22.5 Å². The van der Waals surface area contributed by atoms with Crippen molar-refractivity contribution in [1.29, 1.82) is 5.26 Å². The first-order chi connectivity index (χ1) is 17.5. The molecular weight excluding hydrogens is 521 g/mol. The van der Waals surface area contributed by atoms with Crippen LogP contribution in [0.2, 0.25) is 0 Å². The molecule has 1 aromatic heterocycles. The third-order valence-electron chi connectivity index (χ3n) is 7.10. The minimum absolute atomic E-state index is 0.0416. The van der Waals surface area contributed by atoms with Gasteiger partial charge in [-0.2, -0.15) is 5.26 Å². The van der Waals surface area contributed by atoms with Gasteiger partial charge in [0.2, 0.25) is 0 Å². The fraction of sp³-hybridized carbons (Fsp3) is 0.320. The van der Waals surface area contributed by atoms with Gasteiger partial charge in [-0.15, -0.1) is 8.78 Å². The van der Waals surface area contributed by atoms with Crippen LogP contribution < -0.4 is 14.4 Å². The summed E-state index contributed by atoms with van der Waals surface area (Å²) >= 11 is 0. The lowest BCUT2D eigenvalue weighted by Gasteiger charge is -2.18. The fourth-order valence-corrected chi connectivity index (χ4v) is 6.51. The Morgan fingerprint density at radius 1 is 1.16 bits per heavy atom. The first-order valence-electron chi connectivity index (χ1n) is 11.6. The summed E-state index contributed by atoms with van der Waals surface area (Å²) in [6.07, 6.45) is -2.08. The van der Waals surface area contributed by atoms with Crippen LogP contribution in [-0.2, 0) is 28.8 Å². The molecule has 1 saturated carbocycles. The summed E-state index contributed by atoms with van der Waals surface area (Å²) < 4.78 is 64.2. The number of ether oxygens (including phenoxy) is 2. The van der Waals surface area contributed by atoms with E-state index in [2.05, 4.69) is 24.4 Å². The number of imidazole rings is 1. The zero-order valence-electron chi connectivity index (χ0n) is 19.9. The van der Waals surface area contributed by atoms with Gasteiger partial charge >= 0.3 is 6.29 Å². The van der Waals surface area contributed by atoms with E-state index in [1.165, 1.54) is 12.1 Å². The Labute approximate surface area is 214 Å². The highest BCUT2D eigenvalue weighted by atomic mass is 32.2. The van der Waals surface area contributed by atoms with Crippen molar-refractivity contribution >= 4 is 29.9 Å². The van der Waals surface area contributed by atoms with Crippen molar-refractivity contribution in [2.24, 2.45) is 7.05 Å². The van der Waals surface area contributed by atoms with Crippen LogP contribution in [0.4, 0.5) is 14.6 Å². The van der Waals surface area contributed by atoms with Crippen LogP contribution in [0, 0.1) is 11.3 Å². The molecular formula is C25H21F2N4O4PS. The zero-order chi connectivity index (χ0) is 26.3. The van der Waals surface area contributed by atoms with E-state index in [1.54, 1.807) is 23.4 Å². The Bertz CT molecular complexity index is 1640. The van der Waals surface area contributed by atoms with Crippen LogP contribution in [0.15, 0.2) is 41.4 Å². The average Bonchev–Trinajstić information content (AvgIpc) is 3.38. The third kappa shape index (κ3) is 3.62. The highest BCUT2D eigenvalue weighted by Crippen LogP contribution is 2.48. The molecule has 37 heavy (non-hydrogen) atoms. The quantitative estimate of drug-likeness (QED) is 0.441. The number of halogens is 2. The van der Waals surface area contributed by atoms with E-state index in [-0.39, 0.29) is 34.6 Å². The number of nitriles is 1. The summed E-state index contributed by atoms with van der Waals surface area (Å²) in [6.45, 7) is 1.75. The molecule has 2 aromatic carbocycles. The molecule has 1 aliphatic carbocycles. The molecule has 190 valence electrons. The molecule has 3 aromatic rings. The number of benzene rings is 2. The molecule has 1 fully saturated rings. The van der Waals surface area contributed by atoms with E-state index in [0.717, 1.165) is 18.4 Å². The zero-order valence-corrected chi connectivity index (χ0v) is 21.7. The maximum Gasteiger partial charge on any atom is 0.586 e. The molecule has 12 heteroatoms. The van der Waals surface area contributed by atoms with Crippen molar-refractivity contribution in [3.8, 4) is 29.0 Å². The predicted molar refractivity (Wildman–Crippen MR) is 134 cm³/mol. The van der Waals surface area contributed by atoms with Gasteiger partial charge in [-0.1, -0.05) is 40.1 Å². The highest BCUT2D eigenvalue weighted by Gasteiger charge is 2.46. The second-order valence-electron chi connectivity index (χ2n) is 9.36. The van der Waals surface area contributed by atoms with Gasteiger partial charge < -0.3 is 18.9 Å². The normalized spacial score (nSPS) is 18.6. The number of aromatic nitrogens is 2.